The third kappa shape index (κ3) is 2.62. The average molecular weight is 327 g/mol. The summed E-state index contributed by atoms with van der Waals surface area (Å²) in [4.78, 5) is 24.5. The number of nitrogens with zero attached hydrogens (tertiary/aromatic N) is 2. The summed E-state index contributed by atoms with van der Waals surface area (Å²) in [6.07, 6.45) is -3.26. The summed E-state index contributed by atoms with van der Waals surface area (Å²) < 4.78 is 39.0. The normalized spacial score (nSPS) is 21.8. The minimum atomic E-state index is -4.67. The van der Waals surface area contributed by atoms with Gasteiger partial charge in [-0.1, -0.05) is 6.07 Å². The molecule has 1 fully saturated rings. The second kappa shape index (κ2) is 5.25. The van der Waals surface area contributed by atoms with Crippen LogP contribution in [0.15, 0.2) is 24.4 Å². The van der Waals surface area contributed by atoms with Gasteiger partial charge in [0.25, 0.3) is 5.91 Å². The molecule has 2 N–H and O–H groups in total. The molecule has 1 amide bonds. The van der Waals surface area contributed by atoms with Crippen LogP contribution in [-0.4, -0.2) is 51.3 Å². The molecule has 9 heteroatoms. The number of alkyl halides is 3. The van der Waals surface area contributed by atoms with Crippen molar-refractivity contribution in [3.63, 3.8) is 0 Å². The van der Waals surface area contributed by atoms with E-state index in [4.69, 9.17) is 5.11 Å². The van der Waals surface area contributed by atoms with Crippen LogP contribution in [0.5, 0.6) is 0 Å². The predicted molar refractivity (Wildman–Crippen MR) is 72.7 cm³/mol. The number of benzene rings is 1. The van der Waals surface area contributed by atoms with Crippen LogP contribution in [0.3, 0.4) is 0 Å². The first kappa shape index (κ1) is 15.3. The fourth-order valence-corrected chi connectivity index (χ4v) is 2.88. The second-order valence-electron chi connectivity index (χ2n) is 5.44. The number of likely N-dealkylation sites (tertiary alicyclic amines) is 1. The van der Waals surface area contributed by atoms with E-state index in [-0.39, 0.29) is 5.56 Å². The number of nitrogens with one attached hydrogen (secondary N) is 1. The van der Waals surface area contributed by atoms with Gasteiger partial charge >= 0.3 is 12.1 Å². The first-order valence-corrected chi connectivity index (χ1v) is 6.80. The van der Waals surface area contributed by atoms with Gasteiger partial charge in [-0.25, -0.2) is 0 Å². The average Bonchev–Trinajstić information content (AvgIpc) is 3.12. The van der Waals surface area contributed by atoms with E-state index in [1.165, 1.54) is 12.3 Å². The highest BCUT2D eigenvalue weighted by atomic mass is 19.4. The Morgan fingerprint density at radius 2 is 2.04 bits per heavy atom. The summed E-state index contributed by atoms with van der Waals surface area (Å²) in [5.74, 6) is -5.89. The molecule has 1 aromatic heterocycles. The SMILES string of the molecule is O=C(O)[C@@H]1CN(C(=O)c2cccc3[nH]ncc23)C[C@H]1C(F)(F)F. The van der Waals surface area contributed by atoms with E-state index in [1.807, 2.05) is 0 Å². The lowest BCUT2D eigenvalue weighted by Crippen LogP contribution is -2.34. The van der Waals surface area contributed by atoms with Gasteiger partial charge in [-0.05, 0) is 12.1 Å². The molecule has 2 aromatic rings. The van der Waals surface area contributed by atoms with Gasteiger partial charge in [0.1, 0.15) is 0 Å². The summed E-state index contributed by atoms with van der Waals surface area (Å²) in [5.41, 5.74) is 0.778. The van der Waals surface area contributed by atoms with E-state index in [0.717, 1.165) is 4.90 Å². The molecule has 6 nitrogen and oxygen atoms in total. The summed E-state index contributed by atoms with van der Waals surface area (Å²) in [7, 11) is 0. The van der Waals surface area contributed by atoms with Gasteiger partial charge in [0.05, 0.1) is 29.1 Å². The van der Waals surface area contributed by atoms with E-state index in [0.29, 0.717) is 10.9 Å². The van der Waals surface area contributed by atoms with Crippen molar-refractivity contribution < 1.29 is 27.9 Å². The molecule has 3 rings (SSSR count). The zero-order chi connectivity index (χ0) is 16.8. The van der Waals surface area contributed by atoms with E-state index in [9.17, 15) is 22.8 Å². The number of aromatic nitrogens is 2. The molecule has 0 radical (unpaired) electrons. The van der Waals surface area contributed by atoms with Crippen LogP contribution in [-0.2, 0) is 4.79 Å². The molecule has 2 heterocycles. The Labute approximate surface area is 127 Å². The number of fused-ring (bicyclic) bond motifs is 1. The number of H-pyrrole nitrogens is 1. The molecule has 1 saturated heterocycles. The number of carboxylic acids is 1. The number of halogens is 3. The van der Waals surface area contributed by atoms with E-state index < -0.39 is 43.0 Å². The van der Waals surface area contributed by atoms with Crippen molar-refractivity contribution in [2.45, 2.75) is 6.18 Å². The van der Waals surface area contributed by atoms with Gasteiger partial charge in [-0.3, -0.25) is 14.7 Å². The summed E-state index contributed by atoms with van der Waals surface area (Å²) in [6.45, 7) is -1.12. The highest BCUT2D eigenvalue weighted by molar-refractivity contribution is 6.06. The minimum absolute atomic E-state index is 0.197. The Morgan fingerprint density at radius 3 is 2.65 bits per heavy atom. The fraction of sp³-hybridized carbons (Fsp3) is 0.357. The third-order valence-corrected chi connectivity index (χ3v) is 4.06. The fourth-order valence-electron chi connectivity index (χ4n) is 2.88. The molecule has 0 spiro atoms. The molecule has 0 saturated carbocycles. The molecule has 0 aliphatic carbocycles. The van der Waals surface area contributed by atoms with Crippen molar-refractivity contribution in [3.8, 4) is 0 Å². The smallest absolute Gasteiger partial charge is 0.394 e. The van der Waals surface area contributed by atoms with E-state index >= 15 is 0 Å². The number of carboxylic acid groups (broad SMARTS) is 1. The van der Waals surface area contributed by atoms with Crippen LogP contribution in [0, 0.1) is 11.8 Å². The Kier molecular flexibility index (Phi) is 3.50. The van der Waals surface area contributed by atoms with Crippen molar-refractivity contribution in [2.24, 2.45) is 11.8 Å². The lowest BCUT2D eigenvalue weighted by molar-refractivity contribution is -0.187. The van der Waals surface area contributed by atoms with E-state index in [1.54, 1.807) is 12.1 Å². The predicted octanol–water partition coefficient (Wildman–Crippen LogP) is 1.90. The number of carbonyl (C=O) groups is 2. The molecule has 1 aliphatic heterocycles. The maximum Gasteiger partial charge on any atom is 0.394 e. The second-order valence-corrected chi connectivity index (χ2v) is 5.44. The van der Waals surface area contributed by atoms with Crippen molar-refractivity contribution in [2.75, 3.05) is 13.1 Å². The van der Waals surface area contributed by atoms with Crippen molar-refractivity contribution in [1.29, 1.82) is 0 Å². The van der Waals surface area contributed by atoms with Gasteiger partial charge in [-0.2, -0.15) is 18.3 Å². The lowest BCUT2D eigenvalue weighted by Gasteiger charge is -2.18. The Bertz CT molecular complexity index is 771. The maximum atomic E-state index is 13.0. The van der Waals surface area contributed by atoms with Crippen LogP contribution >= 0.6 is 0 Å². The number of carbonyl (C=O) groups excluding carboxylic acids is 1. The Balaban J connectivity index is 1.92. The zero-order valence-electron chi connectivity index (χ0n) is 11.7. The number of hydrogen-bond donors (Lipinski definition) is 2. The topological polar surface area (TPSA) is 86.3 Å². The van der Waals surface area contributed by atoms with Crippen LogP contribution in [0.1, 0.15) is 10.4 Å². The van der Waals surface area contributed by atoms with Crippen LogP contribution < -0.4 is 0 Å². The molecule has 1 aromatic carbocycles. The number of aliphatic carboxylic acids is 1. The zero-order valence-corrected chi connectivity index (χ0v) is 11.7. The molecular weight excluding hydrogens is 315 g/mol. The Morgan fingerprint density at radius 1 is 1.30 bits per heavy atom. The first-order valence-electron chi connectivity index (χ1n) is 6.80. The molecule has 0 bridgehead atoms. The summed E-state index contributed by atoms with van der Waals surface area (Å²) in [6, 6.07) is 4.75. The number of amides is 1. The van der Waals surface area contributed by atoms with Crippen LogP contribution in [0.4, 0.5) is 13.2 Å². The number of aromatic amines is 1. The standard InChI is InChI=1S/C14H12F3N3O3/c15-14(16,17)10-6-20(5-9(10)13(22)23)12(21)7-2-1-3-11-8(7)4-18-19-11/h1-4,9-10H,5-6H2,(H,18,19)(H,22,23)/t9-,10-/m1/s1. The van der Waals surface area contributed by atoms with Gasteiger partial charge in [-0.15, -0.1) is 0 Å². The van der Waals surface area contributed by atoms with Gasteiger partial charge < -0.3 is 10.0 Å². The number of hydrogen-bond acceptors (Lipinski definition) is 3. The van der Waals surface area contributed by atoms with Crippen LogP contribution in [0.2, 0.25) is 0 Å². The quantitative estimate of drug-likeness (QED) is 0.882. The molecule has 1 aliphatic rings. The Hall–Kier alpha value is -2.58. The molecule has 23 heavy (non-hydrogen) atoms. The monoisotopic (exact) mass is 327 g/mol. The van der Waals surface area contributed by atoms with Gasteiger partial charge in [0.2, 0.25) is 0 Å². The molecular formula is C14H12F3N3O3. The van der Waals surface area contributed by atoms with Gasteiger partial charge in [0.15, 0.2) is 0 Å². The van der Waals surface area contributed by atoms with Crippen molar-refractivity contribution in [3.05, 3.63) is 30.0 Å². The highest BCUT2D eigenvalue weighted by Gasteiger charge is 2.53. The maximum absolute atomic E-state index is 13.0. The summed E-state index contributed by atoms with van der Waals surface area (Å²) >= 11 is 0. The largest absolute Gasteiger partial charge is 0.481 e. The number of rotatable bonds is 2. The highest BCUT2D eigenvalue weighted by Crippen LogP contribution is 2.38. The van der Waals surface area contributed by atoms with Crippen molar-refractivity contribution in [1.82, 2.24) is 15.1 Å². The molecule has 122 valence electrons. The molecule has 2 atom stereocenters. The van der Waals surface area contributed by atoms with Gasteiger partial charge in [0, 0.05) is 18.5 Å². The lowest BCUT2D eigenvalue weighted by atomic mass is 9.96. The summed E-state index contributed by atoms with van der Waals surface area (Å²) in [5, 5.41) is 16.0. The molecule has 0 unspecified atom stereocenters. The third-order valence-electron chi connectivity index (χ3n) is 4.06. The van der Waals surface area contributed by atoms with E-state index in [2.05, 4.69) is 10.2 Å². The first-order chi connectivity index (χ1) is 10.8. The van der Waals surface area contributed by atoms with Crippen LogP contribution in [0.25, 0.3) is 10.9 Å². The van der Waals surface area contributed by atoms with Crippen molar-refractivity contribution >= 4 is 22.8 Å². The minimum Gasteiger partial charge on any atom is -0.481 e.